The Balaban J connectivity index is 2.51. The van der Waals surface area contributed by atoms with Gasteiger partial charge in [-0.15, -0.1) is 0 Å². The Bertz CT molecular complexity index is 300. The number of ether oxygens (including phenoxy) is 1. The van der Waals surface area contributed by atoms with E-state index in [2.05, 4.69) is 0 Å². The third kappa shape index (κ3) is 5.04. The van der Waals surface area contributed by atoms with E-state index in [1.165, 1.54) is 6.26 Å². The molecule has 2 atom stereocenters. The lowest BCUT2D eigenvalue weighted by atomic mass is 10.2. The first-order valence-electron chi connectivity index (χ1n) is 5.76. The van der Waals surface area contributed by atoms with Gasteiger partial charge < -0.3 is 9.64 Å². The monoisotopic (exact) mass is 263 g/mol. The predicted octanol–water partition coefficient (Wildman–Crippen LogP) is 1.70. The zero-order chi connectivity index (χ0) is 13.1. The van der Waals surface area contributed by atoms with Crippen molar-refractivity contribution in [2.75, 3.05) is 19.4 Å². The van der Waals surface area contributed by atoms with Gasteiger partial charge in [0.15, 0.2) is 11.1 Å². The molecule has 0 spiro atoms. The normalized spacial score (nSPS) is 22.6. The van der Waals surface area contributed by atoms with Crippen molar-refractivity contribution in [3.05, 3.63) is 0 Å². The van der Waals surface area contributed by atoms with Crippen LogP contribution in [0.4, 0.5) is 4.79 Å². The van der Waals surface area contributed by atoms with E-state index in [1.807, 2.05) is 20.8 Å². The molecule has 1 aliphatic rings. The lowest BCUT2D eigenvalue weighted by Crippen LogP contribution is -2.41. The van der Waals surface area contributed by atoms with E-state index in [4.69, 9.17) is 8.92 Å². The van der Waals surface area contributed by atoms with E-state index in [0.717, 1.165) is 12.8 Å². The summed E-state index contributed by atoms with van der Waals surface area (Å²) in [7, 11) is 0. The van der Waals surface area contributed by atoms with Crippen LogP contribution in [0.15, 0.2) is 0 Å². The summed E-state index contributed by atoms with van der Waals surface area (Å²) in [6.07, 6.45) is 2.97. The molecule has 100 valence electrons. The van der Waals surface area contributed by atoms with Gasteiger partial charge in [-0.3, -0.25) is 4.18 Å². The van der Waals surface area contributed by atoms with Crippen molar-refractivity contribution in [1.82, 2.24) is 4.90 Å². The van der Waals surface area contributed by atoms with Gasteiger partial charge in [0, 0.05) is 12.8 Å². The minimum Gasteiger partial charge on any atom is -0.444 e. The van der Waals surface area contributed by atoms with Crippen molar-refractivity contribution >= 4 is 17.2 Å². The number of likely N-dealkylation sites (tertiary alicyclic amines) is 1. The zero-order valence-electron chi connectivity index (χ0n) is 10.9. The minimum absolute atomic E-state index is 0.0197. The summed E-state index contributed by atoms with van der Waals surface area (Å²) >= 11 is -1.29. The highest BCUT2D eigenvalue weighted by Crippen LogP contribution is 2.21. The quantitative estimate of drug-likeness (QED) is 0.777. The van der Waals surface area contributed by atoms with Crippen LogP contribution in [0.25, 0.3) is 0 Å². The van der Waals surface area contributed by atoms with Crippen LogP contribution in [-0.4, -0.2) is 46.3 Å². The van der Waals surface area contributed by atoms with Crippen molar-refractivity contribution in [3.8, 4) is 0 Å². The molecule has 0 aromatic carbocycles. The fourth-order valence-electron chi connectivity index (χ4n) is 1.74. The van der Waals surface area contributed by atoms with Crippen molar-refractivity contribution in [2.24, 2.45) is 0 Å². The molecule has 0 N–H and O–H groups in total. The standard InChI is InChI=1S/C11H21NO4S/c1-11(2,3)16-10(13)12-7-5-6-9(12)8-15-17(4)14/h9H,5-8H2,1-4H3. The lowest BCUT2D eigenvalue weighted by Gasteiger charge is -2.28. The zero-order valence-corrected chi connectivity index (χ0v) is 11.7. The van der Waals surface area contributed by atoms with E-state index in [-0.39, 0.29) is 12.1 Å². The molecule has 6 heteroatoms. The maximum Gasteiger partial charge on any atom is 0.410 e. The number of hydrogen-bond acceptors (Lipinski definition) is 4. The minimum atomic E-state index is -1.29. The molecule has 1 aliphatic heterocycles. The third-order valence-corrected chi connectivity index (χ3v) is 2.90. The van der Waals surface area contributed by atoms with E-state index in [9.17, 15) is 9.00 Å². The highest BCUT2D eigenvalue weighted by Gasteiger charge is 2.32. The first kappa shape index (κ1) is 14.4. The van der Waals surface area contributed by atoms with Crippen LogP contribution in [0.1, 0.15) is 33.6 Å². The summed E-state index contributed by atoms with van der Waals surface area (Å²) in [6, 6.07) is -0.0197. The number of hydrogen-bond donors (Lipinski definition) is 0. The van der Waals surface area contributed by atoms with Crippen molar-refractivity contribution in [1.29, 1.82) is 0 Å². The van der Waals surface area contributed by atoms with Crippen LogP contribution in [0.2, 0.25) is 0 Å². The molecule has 0 aromatic heterocycles. The number of rotatable bonds is 3. The molecule has 0 aliphatic carbocycles. The van der Waals surface area contributed by atoms with Crippen LogP contribution in [0.3, 0.4) is 0 Å². The Hall–Kier alpha value is -0.620. The van der Waals surface area contributed by atoms with Gasteiger partial charge in [-0.2, -0.15) is 0 Å². The molecule has 2 unspecified atom stereocenters. The summed E-state index contributed by atoms with van der Waals surface area (Å²) in [5, 5.41) is 0. The van der Waals surface area contributed by atoms with Crippen molar-refractivity contribution in [2.45, 2.75) is 45.3 Å². The number of carbonyl (C=O) groups excluding carboxylic acids is 1. The molecular formula is C11H21NO4S. The summed E-state index contributed by atoms with van der Waals surface area (Å²) in [4.78, 5) is 13.6. The SMILES string of the molecule is CS(=O)OCC1CCCN1C(=O)OC(C)(C)C. The molecule has 17 heavy (non-hydrogen) atoms. The first-order chi connectivity index (χ1) is 7.79. The van der Waals surface area contributed by atoms with Gasteiger partial charge in [-0.1, -0.05) is 0 Å². The van der Waals surface area contributed by atoms with Gasteiger partial charge in [-0.25, -0.2) is 9.00 Å². The van der Waals surface area contributed by atoms with Gasteiger partial charge in [0.25, 0.3) is 0 Å². The largest absolute Gasteiger partial charge is 0.444 e. The fourth-order valence-corrected chi connectivity index (χ4v) is 2.09. The second kappa shape index (κ2) is 5.82. The van der Waals surface area contributed by atoms with Crippen LogP contribution < -0.4 is 0 Å². The van der Waals surface area contributed by atoms with Crippen molar-refractivity contribution < 1.29 is 17.9 Å². The topological polar surface area (TPSA) is 55.8 Å². The van der Waals surface area contributed by atoms with Gasteiger partial charge in [-0.05, 0) is 33.6 Å². The van der Waals surface area contributed by atoms with Crippen LogP contribution >= 0.6 is 0 Å². The summed E-state index contributed by atoms with van der Waals surface area (Å²) in [5.74, 6) is 0. The highest BCUT2D eigenvalue weighted by molar-refractivity contribution is 7.79. The molecule has 1 fully saturated rings. The Labute approximate surface area is 105 Å². The number of carbonyl (C=O) groups is 1. The maximum atomic E-state index is 11.9. The predicted molar refractivity (Wildman–Crippen MR) is 66.0 cm³/mol. The molecule has 0 saturated carbocycles. The fraction of sp³-hybridized carbons (Fsp3) is 0.909. The maximum absolute atomic E-state index is 11.9. The summed E-state index contributed by atoms with van der Waals surface area (Å²) in [6.45, 7) is 6.51. The summed E-state index contributed by atoms with van der Waals surface area (Å²) in [5.41, 5.74) is -0.487. The Morgan fingerprint density at radius 3 is 2.65 bits per heavy atom. The van der Waals surface area contributed by atoms with Gasteiger partial charge in [0.2, 0.25) is 0 Å². The summed E-state index contributed by atoms with van der Waals surface area (Å²) < 4.78 is 21.2. The second-order valence-electron chi connectivity index (χ2n) is 5.16. The Morgan fingerprint density at radius 2 is 2.12 bits per heavy atom. The Kier molecular flexibility index (Phi) is 4.94. The lowest BCUT2D eigenvalue weighted by molar-refractivity contribution is 0.0192. The van der Waals surface area contributed by atoms with E-state index in [0.29, 0.717) is 13.2 Å². The molecule has 0 radical (unpaired) electrons. The van der Waals surface area contributed by atoms with Gasteiger partial charge in [0.1, 0.15) is 5.60 Å². The molecule has 1 heterocycles. The molecular weight excluding hydrogens is 242 g/mol. The Morgan fingerprint density at radius 1 is 1.47 bits per heavy atom. The highest BCUT2D eigenvalue weighted by atomic mass is 32.2. The van der Waals surface area contributed by atoms with Gasteiger partial charge in [0.05, 0.1) is 12.6 Å². The molecule has 0 bridgehead atoms. The van der Waals surface area contributed by atoms with Crippen LogP contribution in [0.5, 0.6) is 0 Å². The van der Waals surface area contributed by atoms with E-state index in [1.54, 1.807) is 4.90 Å². The van der Waals surface area contributed by atoms with Crippen molar-refractivity contribution in [3.63, 3.8) is 0 Å². The number of nitrogens with zero attached hydrogens (tertiary/aromatic N) is 1. The molecule has 5 nitrogen and oxygen atoms in total. The number of amides is 1. The van der Waals surface area contributed by atoms with Crippen LogP contribution in [-0.2, 0) is 20.0 Å². The van der Waals surface area contributed by atoms with Crippen LogP contribution in [0, 0.1) is 0 Å². The molecule has 1 saturated heterocycles. The smallest absolute Gasteiger partial charge is 0.410 e. The average Bonchev–Trinajstić information content (AvgIpc) is 2.59. The molecule has 1 rings (SSSR count). The third-order valence-electron chi connectivity index (χ3n) is 2.43. The first-order valence-corrected chi connectivity index (χ1v) is 7.24. The second-order valence-corrected chi connectivity index (χ2v) is 6.19. The van der Waals surface area contributed by atoms with E-state index >= 15 is 0 Å². The average molecular weight is 263 g/mol. The molecule has 1 amide bonds. The van der Waals surface area contributed by atoms with Gasteiger partial charge >= 0.3 is 6.09 Å². The molecule has 0 aromatic rings. The van der Waals surface area contributed by atoms with E-state index < -0.39 is 16.7 Å².